The first-order valence-corrected chi connectivity index (χ1v) is 8.92. The normalized spacial score (nSPS) is 23.9. The van der Waals surface area contributed by atoms with Crippen LogP contribution in [0.1, 0.15) is 39.5 Å². The predicted octanol–water partition coefficient (Wildman–Crippen LogP) is 2.21. The van der Waals surface area contributed by atoms with Gasteiger partial charge in [0.15, 0.2) is 0 Å². The molecule has 1 fully saturated rings. The lowest BCUT2D eigenvalue weighted by atomic mass is 10.1. The first-order valence-electron chi connectivity index (χ1n) is 6.40. The summed E-state index contributed by atoms with van der Waals surface area (Å²) in [4.78, 5) is 0. The topological polar surface area (TPSA) is 40.6 Å². The minimum Gasteiger partial charge on any atom is -0.195 e. The lowest BCUT2D eigenvalue weighted by molar-refractivity contribution is 0.307. The Morgan fingerprint density at radius 2 is 1.88 bits per heavy atom. The SMILES string of the molecule is CCN(CC)S(=O)(=O)N1CCCCCC1CBr. The zero-order chi connectivity index (χ0) is 12.9. The molecule has 0 bridgehead atoms. The Morgan fingerprint density at radius 3 is 2.41 bits per heavy atom. The first kappa shape index (κ1) is 15.4. The van der Waals surface area contributed by atoms with Crippen molar-refractivity contribution < 1.29 is 8.42 Å². The molecule has 0 spiro atoms. The Hall–Kier alpha value is 0.350. The number of nitrogens with zero attached hydrogens (tertiary/aromatic N) is 2. The summed E-state index contributed by atoms with van der Waals surface area (Å²) >= 11 is 3.45. The Labute approximate surface area is 114 Å². The van der Waals surface area contributed by atoms with Gasteiger partial charge >= 0.3 is 0 Å². The largest absolute Gasteiger partial charge is 0.282 e. The number of rotatable bonds is 5. The number of hydrogen-bond donors (Lipinski definition) is 0. The summed E-state index contributed by atoms with van der Waals surface area (Å²) in [6.45, 7) is 5.54. The Kier molecular flexibility index (Phi) is 6.40. The Morgan fingerprint density at radius 1 is 1.24 bits per heavy atom. The fourth-order valence-corrected chi connectivity index (χ4v) is 5.04. The first-order chi connectivity index (χ1) is 8.07. The van der Waals surface area contributed by atoms with Crippen LogP contribution in [0, 0.1) is 0 Å². The summed E-state index contributed by atoms with van der Waals surface area (Å²) < 4.78 is 28.2. The van der Waals surface area contributed by atoms with Crippen LogP contribution in [0.4, 0.5) is 0 Å². The van der Waals surface area contributed by atoms with E-state index in [-0.39, 0.29) is 6.04 Å². The molecule has 1 heterocycles. The Bertz CT molecular complexity index is 317. The standard InChI is InChI=1S/C11H23BrN2O2S/c1-3-13(4-2)17(15,16)14-9-7-5-6-8-11(14)10-12/h11H,3-10H2,1-2H3. The molecule has 1 atom stereocenters. The van der Waals surface area contributed by atoms with Gasteiger partial charge in [-0.3, -0.25) is 0 Å². The van der Waals surface area contributed by atoms with Gasteiger partial charge in [-0.1, -0.05) is 42.6 Å². The van der Waals surface area contributed by atoms with Crippen LogP contribution in [0.3, 0.4) is 0 Å². The van der Waals surface area contributed by atoms with E-state index < -0.39 is 10.2 Å². The molecule has 0 amide bonds. The molecule has 0 aromatic rings. The molecule has 0 saturated carbocycles. The zero-order valence-corrected chi connectivity index (χ0v) is 13.1. The van der Waals surface area contributed by atoms with Crippen molar-refractivity contribution >= 4 is 26.1 Å². The van der Waals surface area contributed by atoms with E-state index in [9.17, 15) is 8.42 Å². The summed E-state index contributed by atoms with van der Waals surface area (Å²) in [6.07, 6.45) is 4.20. The maximum absolute atomic E-state index is 12.5. The lowest BCUT2D eigenvalue weighted by Gasteiger charge is -2.32. The molecule has 1 unspecified atom stereocenters. The summed E-state index contributed by atoms with van der Waals surface area (Å²) in [5.74, 6) is 0. The molecule has 1 saturated heterocycles. The molecule has 1 aliphatic heterocycles. The second-order valence-corrected chi connectivity index (χ2v) is 6.89. The molecular weight excluding hydrogens is 304 g/mol. The van der Waals surface area contributed by atoms with Crippen LogP contribution in [0.15, 0.2) is 0 Å². The van der Waals surface area contributed by atoms with Gasteiger partial charge in [0.2, 0.25) is 0 Å². The van der Waals surface area contributed by atoms with Crippen LogP contribution >= 0.6 is 15.9 Å². The second-order valence-electron chi connectivity index (χ2n) is 4.36. The number of hydrogen-bond acceptors (Lipinski definition) is 2. The fourth-order valence-electron chi connectivity index (χ4n) is 2.31. The van der Waals surface area contributed by atoms with Crippen molar-refractivity contribution in [3.63, 3.8) is 0 Å². The van der Waals surface area contributed by atoms with E-state index in [1.54, 1.807) is 8.61 Å². The van der Waals surface area contributed by atoms with E-state index in [4.69, 9.17) is 0 Å². The molecule has 1 rings (SSSR count). The van der Waals surface area contributed by atoms with E-state index in [0.717, 1.165) is 31.0 Å². The molecule has 0 aromatic carbocycles. The predicted molar refractivity (Wildman–Crippen MR) is 74.6 cm³/mol. The van der Waals surface area contributed by atoms with Gasteiger partial charge in [-0.05, 0) is 12.8 Å². The lowest BCUT2D eigenvalue weighted by Crippen LogP contribution is -2.49. The number of alkyl halides is 1. The van der Waals surface area contributed by atoms with Crippen molar-refractivity contribution in [1.82, 2.24) is 8.61 Å². The van der Waals surface area contributed by atoms with Gasteiger partial charge in [0.1, 0.15) is 0 Å². The van der Waals surface area contributed by atoms with Crippen LogP contribution in [0.2, 0.25) is 0 Å². The summed E-state index contributed by atoms with van der Waals surface area (Å²) in [6, 6.07) is 0.114. The third kappa shape index (κ3) is 3.66. The van der Waals surface area contributed by atoms with Gasteiger partial charge in [0, 0.05) is 31.0 Å². The van der Waals surface area contributed by atoms with E-state index in [2.05, 4.69) is 15.9 Å². The third-order valence-corrected chi connectivity index (χ3v) is 6.32. The molecule has 1 aliphatic rings. The monoisotopic (exact) mass is 326 g/mol. The highest BCUT2D eigenvalue weighted by Gasteiger charge is 2.33. The molecule has 0 N–H and O–H groups in total. The number of halogens is 1. The van der Waals surface area contributed by atoms with Gasteiger partial charge in [-0.25, -0.2) is 0 Å². The molecule has 102 valence electrons. The molecule has 17 heavy (non-hydrogen) atoms. The van der Waals surface area contributed by atoms with Gasteiger partial charge in [0.05, 0.1) is 0 Å². The average Bonchev–Trinajstić information content (AvgIpc) is 2.55. The van der Waals surface area contributed by atoms with E-state index in [0.29, 0.717) is 19.6 Å². The second kappa shape index (κ2) is 7.07. The van der Waals surface area contributed by atoms with Crippen molar-refractivity contribution in [2.45, 2.75) is 45.6 Å². The van der Waals surface area contributed by atoms with Crippen molar-refractivity contribution in [3.8, 4) is 0 Å². The summed E-state index contributed by atoms with van der Waals surface area (Å²) in [5.41, 5.74) is 0. The van der Waals surface area contributed by atoms with Crippen LogP contribution in [-0.2, 0) is 10.2 Å². The quantitative estimate of drug-likeness (QED) is 0.727. The van der Waals surface area contributed by atoms with Crippen LogP contribution in [-0.4, -0.2) is 48.0 Å². The van der Waals surface area contributed by atoms with Crippen LogP contribution < -0.4 is 0 Å². The van der Waals surface area contributed by atoms with Crippen molar-refractivity contribution in [1.29, 1.82) is 0 Å². The van der Waals surface area contributed by atoms with Gasteiger partial charge < -0.3 is 0 Å². The van der Waals surface area contributed by atoms with Crippen molar-refractivity contribution in [2.75, 3.05) is 25.0 Å². The summed E-state index contributed by atoms with van der Waals surface area (Å²) in [7, 11) is -3.27. The van der Waals surface area contributed by atoms with Gasteiger partial charge in [-0.15, -0.1) is 0 Å². The average molecular weight is 327 g/mol. The molecule has 0 radical (unpaired) electrons. The zero-order valence-electron chi connectivity index (χ0n) is 10.7. The highest BCUT2D eigenvalue weighted by atomic mass is 79.9. The van der Waals surface area contributed by atoms with Crippen molar-refractivity contribution in [3.05, 3.63) is 0 Å². The molecular formula is C11H23BrN2O2S. The highest BCUT2D eigenvalue weighted by molar-refractivity contribution is 9.09. The molecule has 0 aromatic heterocycles. The maximum Gasteiger partial charge on any atom is 0.282 e. The third-order valence-electron chi connectivity index (χ3n) is 3.33. The van der Waals surface area contributed by atoms with Crippen LogP contribution in [0.25, 0.3) is 0 Å². The minimum absolute atomic E-state index is 0.114. The maximum atomic E-state index is 12.5. The van der Waals surface area contributed by atoms with E-state index in [1.165, 1.54) is 0 Å². The molecule has 0 aliphatic carbocycles. The van der Waals surface area contributed by atoms with E-state index >= 15 is 0 Å². The fraction of sp³-hybridized carbons (Fsp3) is 1.00. The smallest absolute Gasteiger partial charge is 0.195 e. The molecule has 4 nitrogen and oxygen atoms in total. The Balaban J connectivity index is 2.92. The summed E-state index contributed by atoms with van der Waals surface area (Å²) in [5, 5.41) is 0.730. The van der Waals surface area contributed by atoms with Gasteiger partial charge in [-0.2, -0.15) is 17.0 Å². The van der Waals surface area contributed by atoms with Crippen LogP contribution in [0.5, 0.6) is 0 Å². The highest BCUT2D eigenvalue weighted by Crippen LogP contribution is 2.23. The molecule has 6 heteroatoms. The van der Waals surface area contributed by atoms with Crippen molar-refractivity contribution in [2.24, 2.45) is 0 Å². The van der Waals surface area contributed by atoms with E-state index in [1.807, 2.05) is 13.8 Å². The van der Waals surface area contributed by atoms with Gasteiger partial charge in [0.25, 0.3) is 10.2 Å². The minimum atomic E-state index is -3.27.